The largest absolute Gasteiger partial charge is 0.382 e. The maximum absolute atomic E-state index is 3.43. The zero-order valence-electron chi connectivity index (χ0n) is 9.25. The Balaban J connectivity index is 2.27. The van der Waals surface area contributed by atoms with Crippen molar-refractivity contribution in [3.8, 4) is 0 Å². The number of likely N-dealkylation sites (N-methyl/N-ethyl adjacent to an activating group) is 1. The van der Waals surface area contributed by atoms with E-state index in [1.807, 2.05) is 7.05 Å². The van der Waals surface area contributed by atoms with Crippen LogP contribution < -0.4 is 10.6 Å². The Labute approximate surface area is 90.1 Å². The van der Waals surface area contributed by atoms with Crippen LogP contribution in [0.4, 0.5) is 5.69 Å². The van der Waals surface area contributed by atoms with E-state index >= 15 is 0 Å². The standard InChI is InChI=1S/C12H17N3/c1-13-7-8-14-11-9-15(2)12-6-4-3-5-10(11)12/h3-6,9,13-14H,7-8H2,1-2H3. The van der Waals surface area contributed by atoms with E-state index in [-0.39, 0.29) is 0 Å². The number of fused-ring (bicyclic) bond motifs is 1. The van der Waals surface area contributed by atoms with Crippen molar-refractivity contribution >= 4 is 16.6 Å². The summed E-state index contributed by atoms with van der Waals surface area (Å²) in [4.78, 5) is 0. The zero-order chi connectivity index (χ0) is 10.7. The molecule has 0 saturated heterocycles. The van der Waals surface area contributed by atoms with Crippen LogP contribution in [0.25, 0.3) is 10.9 Å². The molecule has 2 N–H and O–H groups in total. The van der Waals surface area contributed by atoms with Gasteiger partial charge in [0.2, 0.25) is 0 Å². The molecule has 0 aliphatic heterocycles. The minimum absolute atomic E-state index is 0.949. The van der Waals surface area contributed by atoms with Crippen LogP contribution in [0.2, 0.25) is 0 Å². The normalized spacial score (nSPS) is 10.8. The Bertz CT molecular complexity index is 445. The van der Waals surface area contributed by atoms with Crippen molar-refractivity contribution in [3.63, 3.8) is 0 Å². The van der Waals surface area contributed by atoms with E-state index in [2.05, 4.69) is 52.7 Å². The molecule has 0 amide bonds. The maximum atomic E-state index is 3.43. The predicted molar refractivity (Wildman–Crippen MR) is 65.3 cm³/mol. The minimum atomic E-state index is 0.949. The molecular weight excluding hydrogens is 186 g/mol. The molecule has 0 saturated carbocycles. The molecule has 0 aliphatic rings. The molecule has 0 spiro atoms. The summed E-state index contributed by atoms with van der Waals surface area (Å²) in [5.74, 6) is 0. The number of aryl methyl sites for hydroxylation is 1. The second-order valence-corrected chi connectivity index (χ2v) is 3.70. The van der Waals surface area contributed by atoms with Gasteiger partial charge in [-0.15, -0.1) is 0 Å². The predicted octanol–water partition coefficient (Wildman–Crippen LogP) is 1.81. The number of anilines is 1. The van der Waals surface area contributed by atoms with E-state index < -0.39 is 0 Å². The molecule has 0 aliphatic carbocycles. The van der Waals surface area contributed by atoms with E-state index in [4.69, 9.17) is 0 Å². The molecule has 2 rings (SSSR count). The Morgan fingerprint density at radius 3 is 2.80 bits per heavy atom. The van der Waals surface area contributed by atoms with E-state index in [0.29, 0.717) is 0 Å². The number of aromatic nitrogens is 1. The SMILES string of the molecule is CNCCNc1cn(C)c2ccccc12. The molecule has 3 nitrogen and oxygen atoms in total. The number of nitrogens with zero attached hydrogens (tertiary/aromatic N) is 1. The van der Waals surface area contributed by atoms with E-state index in [1.54, 1.807) is 0 Å². The smallest absolute Gasteiger partial charge is 0.0600 e. The van der Waals surface area contributed by atoms with Crippen LogP contribution in [-0.2, 0) is 7.05 Å². The van der Waals surface area contributed by atoms with Crippen LogP contribution in [0, 0.1) is 0 Å². The second kappa shape index (κ2) is 4.36. The fourth-order valence-electron chi connectivity index (χ4n) is 1.80. The van der Waals surface area contributed by atoms with Crippen LogP contribution in [0.5, 0.6) is 0 Å². The van der Waals surface area contributed by atoms with Crippen molar-refractivity contribution in [3.05, 3.63) is 30.5 Å². The highest BCUT2D eigenvalue weighted by atomic mass is 15.0. The summed E-state index contributed by atoms with van der Waals surface area (Å²) in [5, 5.41) is 7.84. The molecule has 1 heterocycles. The van der Waals surface area contributed by atoms with Gasteiger partial charge in [0.15, 0.2) is 0 Å². The molecule has 15 heavy (non-hydrogen) atoms. The van der Waals surface area contributed by atoms with E-state index in [0.717, 1.165) is 13.1 Å². The molecule has 1 aromatic carbocycles. The van der Waals surface area contributed by atoms with Crippen molar-refractivity contribution < 1.29 is 0 Å². The molecule has 0 bridgehead atoms. The number of hydrogen-bond acceptors (Lipinski definition) is 2. The Morgan fingerprint density at radius 1 is 1.20 bits per heavy atom. The van der Waals surface area contributed by atoms with Crippen LogP contribution >= 0.6 is 0 Å². The molecule has 1 aromatic heterocycles. The quantitative estimate of drug-likeness (QED) is 0.742. The van der Waals surface area contributed by atoms with Gasteiger partial charge in [0.25, 0.3) is 0 Å². The molecule has 0 atom stereocenters. The van der Waals surface area contributed by atoms with Gasteiger partial charge in [0.1, 0.15) is 0 Å². The lowest BCUT2D eigenvalue weighted by Crippen LogP contribution is -2.17. The van der Waals surface area contributed by atoms with Gasteiger partial charge >= 0.3 is 0 Å². The number of rotatable bonds is 4. The van der Waals surface area contributed by atoms with Crippen LogP contribution in [0.15, 0.2) is 30.5 Å². The molecule has 80 valence electrons. The highest BCUT2D eigenvalue weighted by molar-refractivity contribution is 5.92. The lowest BCUT2D eigenvalue weighted by atomic mass is 10.2. The van der Waals surface area contributed by atoms with Crippen LogP contribution in [-0.4, -0.2) is 24.7 Å². The van der Waals surface area contributed by atoms with Gasteiger partial charge in [-0.05, 0) is 13.1 Å². The van der Waals surface area contributed by atoms with Gasteiger partial charge in [-0.2, -0.15) is 0 Å². The van der Waals surface area contributed by atoms with Crippen molar-refractivity contribution in [1.82, 2.24) is 9.88 Å². The van der Waals surface area contributed by atoms with Crippen molar-refractivity contribution in [2.24, 2.45) is 7.05 Å². The lowest BCUT2D eigenvalue weighted by Gasteiger charge is -2.03. The fraction of sp³-hybridized carbons (Fsp3) is 0.333. The summed E-state index contributed by atoms with van der Waals surface area (Å²) in [6.45, 7) is 1.92. The summed E-state index contributed by atoms with van der Waals surface area (Å²) in [7, 11) is 4.04. The maximum Gasteiger partial charge on any atom is 0.0600 e. The van der Waals surface area contributed by atoms with E-state index in [1.165, 1.54) is 16.6 Å². The first kappa shape index (κ1) is 10.1. The first-order valence-electron chi connectivity index (χ1n) is 5.25. The summed E-state index contributed by atoms with van der Waals surface area (Å²) in [6, 6.07) is 8.43. The van der Waals surface area contributed by atoms with Crippen molar-refractivity contribution in [2.75, 3.05) is 25.5 Å². The number of para-hydroxylation sites is 1. The monoisotopic (exact) mass is 203 g/mol. The number of benzene rings is 1. The lowest BCUT2D eigenvalue weighted by molar-refractivity contribution is 0.823. The fourth-order valence-corrected chi connectivity index (χ4v) is 1.80. The zero-order valence-corrected chi connectivity index (χ0v) is 9.25. The summed E-state index contributed by atoms with van der Waals surface area (Å²) >= 11 is 0. The molecule has 0 fully saturated rings. The second-order valence-electron chi connectivity index (χ2n) is 3.70. The first-order chi connectivity index (χ1) is 7.33. The van der Waals surface area contributed by atoms with Crippen LogP contribution in [0.1, 0.15) is 0 Å². The third kappa shape index (κ3) is 1.97. The minimum Gasteiger partial charge on any atom is -0.382 e. The Hall–Kier alpha value is -1.48. The first-order valence-corrected chi connectivity index (χ1v) is 5.25. The topological polar surface area (TPSA) is 29.0 Å². The van der Waals surface area contributed by atoms with Gasteiger partial charge < -0.3 is 15.2 Å². The Kier molecular flexibility index (Phi) is 2.92. The third-order valence-electron chi connectivity index (χ3n) is 2.59. The van der Waals surface area contributed by atoms with Crippen molar-refractivity contribution in [2.45, 2.75) is 0 Å². The molecule has 0 radical (unpaired) electrons. The van der Waals surface area contributed by atoms with E-state index in [9.17, 15) is 0 Å². The molecule has 0 unspecified atom stereocenters. The van der Waals surface area contributed by atoms with Crippen LogP contribution in [0.3, 0.4) is 0 Å². The summed E-state index contributed by atoms with van der Waals surface area (Å²) in [5.41, 5.74) is 2.48. The van der Waals surface area contributed by atoms with Gasteiger partial charge in [0, 0.05) is 37.2 Å². The number of nitrogens with one attached hydrogen (secondary N) is 2. The highest BCUT2D eigenvalue weighted by Crippen LogP contribution is 2.24. The Morgan fingerprint density at radius 2 is 2.00 bits per heavy atom. The average Bonchev–Trinajstić information content (AvgIpc) is 2.58. The molecule has 3 heteroatoms. The summed E-state index contributed by atoms with van der Waals surface area (Å²) in [6.07, 6.45) is 2.14. The molecular formula is C12H17N3. The number of hydrogen-bond donors (Lipinski definition) is 2. The van der Waals surface area contributed by atoms with Crippen molar-refractivity contribution in [1.29, 1.82) is 0 Å². The highest BCUT2D eigenvalue weighted by Gasteiger charge is 2.03. The van der Waals surface area contributed by atoms with Gasteiger partial charge in [-0.25, -0.2) is 0 Å². The summed E-state index contributed by atoms with van der Waals surface area (Å²) < 4.78 is 2.15. The molecule has 2 aromatic rings. The third-order valence-corrected chi connectivity index (χ3v) is 2.59. The van der Waals surface area contributed by atoms with Gasteiger partial charge in [-0.3, -0.25) is 0 Å². The van der Waals surface area contributed by atoms with Gasteiger partial charge in [0.05, 0.1) is 5.69 Å². The average molecular weight is 203 g/mol. The van der Waals surface area contributed by atoms with Gasteiger partial charge in [-0.1, -0.05) is 18.2 Å².